The number of furan rings is 1. The third-order valence-corrected chi connectivity index (χ3v) is 5.00. The van der Waals surface area contributed by atoms with Crippen molar-refractivity contribution in [2.24, 2.45) is 0 Å². The zero-order valence-corrected chi connectivity index (χ0v) is 16.2. The summed E-state index contributed by atoms with van der Waals surface area (Å²) in [5, 5.41) is 1.84. The van der Waals surface area contributed by atoms with Gasteiger partial charge in [0.2, 0.25) is 0 Å². The molecule has 0 aliphatic heterocycles. The molecule has 4 nitrogen and oxygen atoms in total. The highest BCUT2D eigenvalue weighted by atomic mass is 16.5. The number of rotatable bonds is 2. The molecule has 0 aliphatic rings. The molecule has 0 spiro atoms. The average molecular weight is 362 g/mol. The van der Waals surface area contributed by atoms with Crippen molar-refractivity contribution in [3.05, 3.63) is 64.0 Å². The Kier molecular flexibility index (Phi) is 3.88. The largest absolute Gasteiger partial charge is 0.497 e. The zero-order valence-electron chi connectivity index (χ0n) is 16.2. The molecule has 0 saturated carbocycles. The van der Waals surface area contributed by atoms with Crippen LogP contribution in [0.25, 0.3) is 33.3 Å². The molecule has 0 N–H and O–H groups in total. The van der Waals surface area contributed by atoms with Crippen LogP contribution in [0.4, 0.5) is 0 Å². The van der Waals surface area contributed by atoms with Gasteiger partial charge in [0.05, 0.1) is 7.11 Å². The molecule has 0 atom stereocenters. The van der Waals surface area contributed by atoms with E-state index in [0.717, 1.165) is 33.2 Å². The molecule has 2 heterocycles. The van der Waals surface area contributed by atoms with Crippen molar-refractivity contribution >= 4 is 21.9 Å². The van der Waals surface area contributed by atoms with Crippen LogP contribution < -0.4 is 10.4 Å². The lowest BCUT2D eigenvalue weighted by Gasteiger charge is -2.19. The summed E-state index contributed by atoms with van der Waals surface area (Å²) in [6.45, 7) is 8.47. The Morgan fingerprint density at radius 3 is 2.30 bits per heavy atom. The Bertz CT molecular complexity index is 1220. The van der Waals surface area contributed by atoms with E-state index in [1.165, 1.54) is 11.6 Å². The number of aryl methyl sites for hydroxylation is 1. The second-order valence-electron chi connectivity index (χ2n) is 7.86. The van der Waals surface area contributed by atoms with Crippen LogP contribution in [0, 0.1) is 6.92 Å². The van der Waals surface area contributed by atoms with Crippen molar-refractivity contribution in [3.8, 4) is 17.1 Å². The van der Waals surface area contributed by atoms with E-state index in [-0.39, 0.29) is 5.41 Å². The summed E-state index contributed by atoms with van der Waals surface area (Å²) in [5.41, 5.74) is 3.80. The Labute approximate surface area is 157 Å². The third kappa shape index (κ3) is 2.91. The lowest BCUT2D eigenvalue weighted by atomic mass is 9.86. The van der Waals surface area contributed by atoms with Crippen LogP contribution >= 0.6 is 0 Å². The maximum Gasteiger partial charge on any atom is 0.336 e. The summed E-state index contributed by atoms with van der Waals surface area (Å²) >= 11 is 0. The quantitative estimate of drug-likeness (QED) is 0.422. The van der Waals surface area contributed by atoms with Gasteiger partial charge in [-0.25, -0.2) is 4.79 Å². The predicted octanol–water partition coefficient (Wildman–Crippen LogP) is 5.82. The van der Waals surface area contributed by atoms with Crippen molar-refractivity contribution in [1.29, 1.82) is 0 Å². The van der Waals surface area contributed by atoms with Gasteiger partial charge in [-0.3, -0.25) is 0 Å². The second kappa shape index (κ2) is 6.02. The normalized spacial score (nSPS) is 12.0. The minimum atomic E-state index is -0.390. The van der Waals surface area contributed by atoms with Crippen LogP contribution in [0.2, 0.25) is 0 Å². The molecular formula is C23H22O4. The van der Waals surface area contributed by atoms with Gasteiger partial charge in [0.1, 0.15) is 22.7 Å². The van der Waals surface area contributed by atoms with Crippen molar-refractivity contribution < 1.29 is 13.6 Å². The molecule has 0 amide bonds. The number of hydrogen-bond donors (Lipinski definition) is 0. The highest BCUT2D eigenvalue weighted by molar-refractivity contribution is 5.97. The first-order chi connectivity index (χ1) is 12.8. The Balaban J connectivity index is 2.04. The lowest BCUT2D eigenvalue weighted by Crippen LogP contribution is -2.11. The first kappa shape index (κ1) is 17.4. The van der Waals surface area contributed by atoms with Gasteiger partial charge in [-0.05, 0) is 48.2 Å². The smallest absolute Gasteiger partial charge is 0.336 e. The number of benzene rings is 2. The van der Waals surface area contributed by atoms with Gasteiger partial charge in [0.25, 0.3) is 0 Å². The van der Waals surface area contributed by atoms with Crippen molar-refractivity contribution in [1.82, 2.24) is 0 Å². The molecule has 0 saturated heterocycles. The molecule has 27 heavy (non-hydrogen) atoms. The van der Waals surface area contributed by atoms with E-state index in [2.05, 4.69) is 26.8 Å². The molecule has 138 valence electrons. The van der Waals surface area contributed by atoms with E-state index < -0.39 is 5.63 Å². The number of methoxy groups -OCH3 is 1. The third-order valence-electron chi connectivity index (χ3n) is 5.00. The van der Waals surface area contributed by atoms with E-state index in [4.69, 9.17) is 13.6 Å². The number of ether oxygens (including phenoxy) is 1. The molecule has 4 aromatic rings. The molecule has 0 fully saturated rings. The van der Waals surface area contributed by atoms with E-state index in [1.807, 2.05) is 37.3 Å². The van der Waals surface area contributed by atoms with Gasteiger partial charge < -0.3 is 13.6 Å². The van der Waals surface area contributed by atoms with Crippen molar-refractivity contribution in [2.45, 2.75) is 33.1 Å². The first-order valence-corrected chi connectivity index (χ1v) is 8.94. The molecule has 0 radical (unpaired) electrons. The Morgan fingerprint density at radius 1 is 0.889 bits per heavy atom. The van der Waals surface area contributed by atoms with Crippen LogP contribution in [0.1, 0.15) is 31.9 Å². The summed E-state index contributed by atoms with van der Waals surface area (Å²) in [6.07, 6.45) is 0. The van der Waals surface area contributed by atoms with E-state index in [1.54, 1.807) is 7.11 Å². The van der Waals surface area contributed by atoms with Crippen LogP contribution in [-0.4, -0.2) is 7.11 Å². The lowest BCUT2D eigenvalue weighted by molar-refractivity contribution is 0.415. The number of fused-ring (bicyclic) bond motifs is 2. The summed E-state index contributed by atoms with van der Waals surface area (Å²) in [5.74, 6) is 1.45. The maximum atomic E-state index is 12.2. The van der Waals surface area contributed by atoms with Crippen LogP contribution in [-0.2, 0) is 5.41 Å². The fourth-order valence-electron chi connectivity index (χ4n) is 3.40. The topological polar surface area (TPSA) is 52.6 Å². The molecule has 2 aromatic carbocycles. The highest BCUT2D eigenvalue weighted by Crippen LogP contribution is 2.38. The maximum absolute atomic E-state index is 12.2. The monoisotopic (exact) mass is 362 g/mol. The molecule has 4 rings (SSSR count). The van der Waals surface area contributed by atoms with Gasteiger partial charge >= 0.3 is 5.63 Å². The molecule has 0 bridgehead atoms. The van der Waals surface area contributed by atoms with E-state index in [9.17, 15) is 4.79 Å². The first-order valence-electron chi connectivity index (χ1n) is 8.94. The minimum Gasteiger partial charge on any atom is -0.497 e. The molecule has 2 aromatic heterocycles. The fraction of sp³-hybridized carbons (Fsp3) is 0.261. The molecule has 0 aliphatic carbocycles. The highest BCUT2D eigenvalue weighted by Gasteiger charge is 2.20. The predicted molar refractivity (Wildman–Crippen MR) is 108 cm³/mol. The van der Waals surface area contributed by atoms with Gasteiger partial charge in [0, 0.05) is 28.0 Å². The Morgan fingerprint density at radius 2 is 1.59 bits per heavy atom. The fourth-order valence-corrected chi connectivity index (χ4v) is 3.40. The van der Waals surface area contributed by atoms with Gasteiger partial charge in [-0.15, -0.1) is 0 Å². The summed E-state index contributed by atoms with van der Waals surface area (Å²) in [7, 11) is 1.64. The molecule has 0 unspecified atom stereocenters. The summed E-state index contributed by atoms with van der Waals surface area (Å²) < 4.78 is 16.9. The SMILES string of the molecule is COc1ccc2oc(-c3cc(=O)oc4ccc(C(C)(C)C)cc34)c(C)c2c1. The van der Waals surface area contributed by atoms with Gasteiger partial charge in [-0.2, -0.15) is 0 Å². The van der Waals surface area contributed by atoms with Crippen LogP contribution in [0.3, 0.4) is 0 Å². The van der Waals surface area contributed by atoms with Crippen LogP contribution in [0.5, 0.6) is 5.75 Å². The van der Waals surface area contributed by atoms with Crippen molar-refractivity contribution in [2.75, 3.05) is 7.11 Å². The van der Waals surface area contributed by atoms with E-state index in [0.29, 0.717) is 11.3 Å². The van der Waals surface area contributed by atoms with Gasteiger partial charge in [0.15, 0.2) is 0 Å². The summed E-state index contributed by atoms with van der Waals surface area (Å²) in [6, 6.07) is 13.2. The second-order valence-corrected chi connectivity index (χ2v) is 7.86. The number of hydrogen-bond acceptors (Lipinski definition) is 4. The Hall–Kier alpha value is -3.01. The average Bonchev–Trinajstić information content (AvgIpc) is 2.95. The molecule has 4 heteroatoms. The van der Waals surface area contributed by atoms with Crippen molar-refractivity contribution in [3.63, 3.8) is 0 Å². The standard InChI is InChI=1S/C23H22O4/c1-13-16-11-15(25-5)7-9-19(16)27-22(13)18-12-21(24)26-20-8-6-14(10-17(18)20)23(2,3)4/h6-12H,1-5H3. The molecular weight excluding hydrogens is 340 g/mol. The van der Waals surface area contributed by atoms with Gasteiger partial charge in [-0.1, -0.05) is 26.8 Å². The van der Waals surface area contributed by atoms with Crippen LogP contribution in [0.15, 0.2) is 56.1 Å². The minimum absolute atomic E-state index is 0.0160. The summed E-state index contributed by atoms with van der Waals surface area (Å²) in [4.78, 5) is 12.2. The van der Waals surface area contributed by atoms with E-state index >= 15 is 0 Å². The zero-order chi connectivity index (χ0) is 19.3.